The van der Waals surface area contributed by atoms with Crippen LogP contribution in [-0.2, 0) is 10.0 Å². The second-order valence-electron chi connectivity index (χ2n) is 4.23. The van der Waals surface area contributed by atoms with Gasteiger partial charge in [0.2, 0.25) is 0 Å². The maximum absolute atomic E-state index is 12.1. The Morgan fingerprint density at radius 3 is 2.43 bits per heavy atom. The normalized spacial score (nSPS) is 11.1. The lowest BCUT2D eigenvalue weighted by atomic mass is 10.2. The second-order valence-corrected chi connectivity index (χ2v) is 5.91. The summed E-state index contributed by atoms with van der Waals surface area (Å²) in [7, 11) is -3.93. The van der Waals surface area contributed by atoms with E-state index in [-0.39, 0.29) is 10.5 Å². The number of furan rings is 1. The topological polar surface area (TPSA) is 85.6 Å². The molecule has 1 aromatic carbocycles. The van der Waals surface area contributed by atoms with E-state index in [2.05, 4.69) is 0 Å². The highest BCUT2D eigenvalue weighted by Gasteiger charge is 2.20. The van der Waals surface area contributed by atoms with Gasteiger partial charge in [0.1, 0.15) is 11.5 Å². The Balaban J connectivity index is 2.18. The van der Waals surface area contributed by atoms with Crippen LogP contribution < -0.4 is 9.46 Å². The lowest BCUT2D eigenvalue weighted by molar-refractivity contribution is 0.0980. The van der Waals surface area contributed by atoms with Gasteiger partial charge in [-0.05, 0) is 44.2 Å². The summed E-state index contributed by atoms with van der Waals surface area (Å²) >= 11 is 0. The summed E-state index contributed by atoms with van der Waals surface area (Å²) in [5, 5.41) is 0. The van der Waals surface area contributed by atoms with Crippen molar-refractivity contribution in [3.8, 4) is 5.75 Å². The third-order valence-corrected chi connectivity index (χ3v) is 4.12. The molecule has 1 heterocycles. The van der Waals surface area contributed by atoms with E-state index in [0.29, 0.717) is 18.1 Å². The molecule has 0 radical (unpaired) electrons. The van der Waals surface area contributed by atoms with E-state index in [9.17, 15) is 13.2 Å². The maximum atomic E-state index is 12.1. The van der Waals surface area contributed by atoms with Crippen molar-refractivity contribution in [1.29, 1.82) is 0 Å². The van der Waals surface area contributed by atoms with E-state index in [1.807, 2.05) is 11.6 Å². The number of benzene rings is 1. The van der Waals surface area contributed by atoms with Crippen LogP contribution in [0, 0.1) is 6.92 Å². The van der Waals surface area contributed by atoms with Gasteiger partial charge < -0.3 is 9.15 Å². The first-order valence-electron chi connectivity index (χ1n) is 6.28. The molecule has 2 aromatic rings. The first kappa shape index (κ1) is 15.1. The Labute approximate surface area is 122 Å². The summed E-state index contributed by atoms with van der Waals surface area (Å²) < 4.78 is 36.4. The van der Waals surface area contributed by atoms with Crippen LogP contribution in [-0.4, -0.2) is 20.9 Å². The molecule has 1 N–H and O–H groups in total. The summed E-state index contributed by atoms with van der Waals surface area (Å²) in [6, 6.07) is 7.24. The number of hydrogen-bond acceptors (Lipinski definition) is 5. The molecular weight excluding hydrogens is 294 g/mol. The van der Waals surface area contributed by atoms with Crippen LogP contribution in [0.3, 0.4) is 0 Å². The highest BCUT2D eigenvalue weighted by atomic mass is 32.2. The van der Waals surface area contributed by atoms with Gasteiger partial charge in [-0.15, -0.1) is 0 Å². The van der Waals surface area contributed by atoms with E-state index < -0.39 is 15.9 Å². The first-order chi connectivity index (χ1) is 9.94. The van der Waals surface area contributed by atoms with Crippen molar-refractivity contribution in [3.63, 3.8) is 0 Å². The van der Waals surface area contributed by atoms with Crippen molar-refractivity contribution in [2.24, 2.45) is 0 Å². The van der Waals surface area contributed by atoms with Crippen molar-refractivity contribution in [2.75, 3.05) is 6.61 Å². The van der Waals surface area contributed by atoms with Gasteiger partial charge in [-0.1, -0.05) is 0 Å². The highest BCUT2D eigenvalue weighted by molar-refractivity contribution is 7.90. The van der Waals surface area contributed by atoms with Crippen LogP contribution in [0.25, 0.3) is 0 Å². The minimum atomic E-state index is -3.93. The Bertz CT molecular complexity index is 731. The summed E-state index contributed by atoms with van der Waals surface area (Å²) in [5.74, 6) is 0.193. The smallest absolute Gasteiger partial charge is 0.268 e. The van der Waals surface area contributed by atoms with Crippen LogP contribution in [0.5, 0.6) is 5.75 Å². The average molecular weight is 309 g/mol. The quantitative estimate of drug-likeness (QED) is 0.914. The predicted molar refractivity (Wildman–Crippen MR) is 75.7 cm³/mol. The zero-order valence-corrected chi connectivity index (χ0v) is 12.4. The molecule has 0 unspecified atom stereocenters. The minimum Gasteiger partial charge on any atom is -0.494 e. The lowest BCUT2D eigenvalue weighted by Crippen LogP contribution is -2.30. The number of amides is 1. The Morgan fingerprint density at radius 2 is 1.90 bits per heavy atom. The number of hydrogen-bond donors (Lipinski definition) is 1. The zero-order valence-electron chi connectivity index (χ0n) is 11.6. The molecule has 0 aliphatic carbocycles. The standard InChI is InChI=1S/C14H15NO5S/c1-3-19-11-4-6-12(7-5-11)21(17,18)15-14(16)13-8-9-20-10(13)2/h4-9H,3H2,1-2H3,(H,15,16). The molecule has 21 heavy (non-hydrogen) atoms. The minimum absolute atomic E-state index is 0.0135. The van der Waals surface area contributed by atoms with Crippen LogP contribution in [0.2, 0.25) is 0 Å². The molecule has 1 aromatic heterocycles. The van der Waals surface area contributed by atoms with E-state index in [4.69, 9.17) is 9.15 Å². The fourth-order valence-corrected chi connectivity index (χ4v) is 2.70. The maximum Gasteiger partial charge on any atom is 0.268 e. The molecular formula is C14H15NO5S. The van der Waals surface area contributed by atoms with Crippen molar-refractivity contribution in [3.05, 3.63) is 47.9 Å². The molecule has 0 aliphatic rings. The van der Waals surface area contributed by atoms with Gasteiger partial charge in [-0.2, -0.15) is 0 Å². The van der Waals surface area contributed by atoms with Gasteiger partial charge in [0, 0.05) is 0 Å². The summed E-state index contributed by atoms with van der Waals surface area (Å²) in [6.07, 6.45) is 1.33. The van der Waals surface area contributed by atoms with E-state index in [1.165, 1.54) is 36.6 Å². The van der Waals surface area contributed by atoms with Gasteiger partial charge >= 0.3 is 0 Å². The van der Waals surface area contributed by atoms with E-state index in [0.717, 1.165) is 0 Å². The molecule has 0 bridgehead atoms. The molecule has 0 aliphatic heterocycles. The Morgan fingerprint density at radius 1 is 1.24 bits per heavy atom. The van der Waals surface area contributed by atoms with Gasteiger partial charge in [-0.25, -0.2) is 13.1 Å². The van der Waals surface area contributed by atoms with Crippen molar-refractivity contribution >= 4 is 15.9 Å². The molecule has 1 amide bonds. The number of nitrogens with one attached hydrogen (secondary N) is 1. The summed E-state index contributed by atoms with van der Waals surface area (Å²) in [5.41, 5.74) is 0.185. The first-order valence-corrected chi connectivity index (χ1v) is 7.76. The lowest BCUT2D eigenvalue weighted by Gasteiger charge is -2.07. The van der Waals surface area contributed by atoms with Gasteiger partial charge in [-0.3, -0.25) is 4.79 Å². The average Bonchev–Trinajstić information content (AvgIpc) is 2.85. The Hall–Kier alpha value is -2.28. The largest absolute Gasteiger partial charge is 0.494 e. The second kappa shape index (κ2) is 6.01. The van der Waals surface area contributed by atoms with Crippen LogP contribution in [0.1, 0.15) is 23.0 Å². The number of aryl methyl sites for hydroxylation is 1. The molecule has 0 saturated heterocycles. The van der Waals surface area contributed by atoms with Crippen molar-refractivity contribution in [1.82, 2.24) is 4.72 Å². The molecule has 0 fully saturated rings. The monoisotopic (exact) mass is 309 g/mol. The predicted octanol–water partition coefficient (Wildman–Crippen LogP) is 2.11. The van der Waals surface area contributed by atoms with Gasteiger partial charge in [0.25, 0.3) is 15.9 Å². The fraction of sp³-hybridized carbons (Fsp3) is 0.214. The third-order valence-electron chi connectivity index (χ3n) is 2.78. The summed E-state index contributed by atoms with van der Waals surface area (Å²) in [6.45, 7) is 3.90. The van der Waals surface area contributed by atoms with Crippen LogP contribution in [0.4, 0.5) is 0 Å². The molecule has 0 spiro atoms. The zero-order chi connectivity index (χ0) is 15.5. The fourth-order valence-electron chi connectivity index (χ4n) is 1.74. The van der Waals surface area contributed by atoms with Crippen LogP contribution in [0.15, 0.2) is 45.9 Å². The summed E-state index contributed by atoms with van der Waals surface area (Å²) in [4.78, 5) is 11.9. The van der Waals surface area contributed by atoms with Crippen molar-refractivity contribution < 1.29 is 22.4 Å². The molecule has 7 heteroatoms. The van der Waals surface area contributed by atoms with Crippen LogP contribution >= 0.6 is 0 Å². The van der Waals surface area contributed by atoms with Gasteiger partial charge in [0.15, 0.2) is 0 Å². The molecule has 2 rings (SSSR count). The number of sulfonamides is 1. The molecule has 0 atom stereocenters. The number of rotatable bonds is 5. The number of ether oxygens (including phenoxy) is 1. The molecule has 0 saturated carbocycles. The van der Waals surface area contributed by atoms with E-state index in [1.54, 1.807) is 6.92 Å². The van der Waals surface area contributed by atoms with Crippen molar-refractivity contribution in [2.45, 2.75) is 18.7 Å². The van der Waals surface area contributed by atoms with Gasteiger partial charge in [0.05, 0.1) is 23.3 Å². The number of carbonyl (C=O) groups excluding carboxylic acids is 1. The highest BCUT2D eigenvalue weighted by Crippen LogP contribution is 2.17. The molecule has 6 nitrogen and oxygen atoms in total. The molecule has 112 valence electrons. The van der Waals surface area contributed by atoms with E-state index >= 15 is 0 Å². The Kier molecular flexibility index (Phi) is 4.32. The number of carbonyl (C=O) groups is 1. The third kappa shape index (κ3) is 3.43. The SMILES string of the molecule is CCOc1ccc(S(=O)(=O)NC(=O)c2ccoc2C)cc1.